The van der Waals surface area contributed by atoms with Crippen LogP contribution in [-0.2, 0) is 0 Å². The number of benzene rings is 2. The molecule has 0 fully saturated rings. The van der Waals surface area contributed by atoms with Gasteiger partial charge in [0.25, 0.3) is 5.91 Å². The molecule has 9 nitrogen and oxygen atoms in total. The highest BCUT2D eigenvalue weighted by molar-refractivity contribution is 6.04. The molecule has 5 aromatic heterocycles. The number of nitrogens with one attached hydrogen (secondary N) is 3. The van der Waals surface area contributed by atoms with Gasteiger partial charge in [-0.1, -0.05) is 18.2 Å². The van der Waals surface area contributed by atoms with E-state index in [1.807, 2.05) is 18.2 Å². The molecule has 0 radical (unpaired) electrons. The van der Waals surface area contributed by atoms with Gasteiger partial charge in [-0.2, -0.15) is 5.10 Å². The summed E-state index contributed by atoms with van der Waals surface area (Å²) in [4.78, 5) is 29.2. The van der Waals surface area contributed by atoms with Gasteiger partial charge in [0.15, 0.2) is 11.5 Å². The van der Waals surface area contributed by atoms with Crippen LogP contribution in [0.5, 0.6) is 0 Å². The van der Waals surface area contributed by atoms with Gasteiger partial charge >= 0.3 is 0 Å². The molecule has 7 rings (SSSR count). The van der Waals surface area contributed by atoms with E-state index in [9.17, 15) is 4.79 Å². The van der Waals surface area contributed by atoms with Crippen molar-refractivity contribution in [3.8, 4) is 33.8 Å². The van der Waals surface area contributed by atoms with Crippen molar-refractivity contribution in [3.05, 3.63) is 103 Å². The molecule has 0 bridgehead atoms. The largest absolute Gasteiger partial charge is 0.472 e. The standard InChI is InChI=1S/C29H18FN7O2/c30-23-12-24-22(11-21(23)18-10-19(14-31-13-18)33-29(38)16-4-2-1-3-5-16)26(37-36-24)28-34-25-20(17-7-9-39-15-17)6-8-32-27(25)35-28/h1-15H,(H,33,38)(H,36,37)(H,32,34,35). The number of hydrogen-bond donors (Lipinski definition) is 3. The lowest BCUT2D eigenvalue weighted by atomic mass is 10.0. The maximum absolute atomic E-state index is 15.2. The number of carbonyl (C=O) groups excluding carboxylic acids is 1. The highest BCUT2D eigenvalue weighted by Crippen LogP contribution is 2.34. The first-order chi connectivity index (χ1) is 19.1. The number of H-pyrrole nitrogens is 2. The summed E-state index contributed by atoms with van der Waals surface area (Å²) >= 11 is 0. The van der Waals surface area contributed by atoms with E-state index in [4.69, 9.17) is 9.40 Å². The van der Waals surface area contributed by atoms with Crippen molar-refractivity contribution < 1.29 is 13.6 Å². The molecule has 0 aliphatic carbocycles. The minimum Gasteiger partial charge on any atom is -0.472 e. The molecular weight excluding hydrogens is 497 g/mol. The zero-order valence-corrected chi connectivity index (χ0v) is 20.1. The molecule has 0 saturated carbocycles. The van der Waals surface area contributed by atoms with E-state index >= 15 is 4.39 Å². The number of nitrogens with zero attached hydrogens (tertiary/aromatic N) is 4. The van der Waals surface area contributed by atoms with Crippen molar-refractivity contribution in [2.75, 3.05) is 5.32 Å². The van der Waals surface area contributed by atoms with E-state index in [2.05, 4.69) is 30.5 Å². The Bertz CT molecular complexity index is 1980. The van der Waals surface area contributed by atoms with Gasteiger partial charge < -0.3 is 14.7 Å². The number of hydrogen-bond acceptors (Lipinski definition) is 6. The average molecular weight is 516 g/mol. The van der Waals surface area contributed by atoms with Crippen LogP contribution < -0.4 is 5.32 Å². The van der Waals surface area contributed by atoms with Gasteiger partial charge in [0.1, 0.15) is 17.0 Å². The number of aromatic nitrogens is 6. The maximum Gasteiger partial charge on any atom is 0.255 e. The number of amides is 1. The van der Waals surface area contributed by atoms with Crippen molar-refractivity contribution >= 4 is 33.7 Å². The predicted octanol–water partition coefficient (Wildman–Crippen LogP) is 6.21. The Morgan fingerprint density at radius 3 is 2.72 bits per heavy atom. The van der Waals surface area contributed by atoms with Crippen molar-refractivity contribution in [2.45, 2.75) is 0 Å². The van der Waals surface area contributed by atoms with Gasteiger partial charge in [-0.25, -0.2) is 14.4 Å². The Balaban J connectivity index is 1.28. The van der Waals surface area contributed by atoms with E-state index < -0.39 is 5.82 Å². The third kappa shape index (κ3) is 4.00. The molecule has 5 heterocycles. The zero-order chi connectivity index (χ0) is 26.3. The molecule has 2 aromatic carbocycles. The second kappa shape index (κ2) is 9.03. The van der Waals surface area contributed by atoms with Crippen molar-refractivity contribution in [1.82, 2.24) is 30.1 Å². The Morgan fingerprint density at radius 1 is 0.974 bits per heavy atom. The Hall–Kier alpha value is -5.64. The molecule has 0 aliphatic rings. The average Bonchev–Trinajstić information content (AvgIpc) is 3.72. The molecule has 0 spiro atoms. The summed E-state index contributed by atoms with van der Waals surface area (Å²) in [5.74, 6) is -0.255. The lowest BCUT2D eigenvalue weighted by molar-refractivity contribution is 0.102. The van der Waals surface area contributed by atoms with Gasteiger partial charge in [-0.3, -0.25) is 14.9 Å². The van der Waals surface area contributed by atoms with Crippen LogP contribution in [0.3, 0.4) is 0 Å². The predicted molar refractivity (Wildman–Crippen MR) is 144 cm³/mol. The van der Waals surface area contributed by atoms with Crippen LogP contribution in [-0.4, -0.2) is 36.0 Å². The highest BCUT2D eigenvalue weighted by atomic mass is 19.1. The molecule has 0 aliphatic heterocycles. The van der Waals surface area contributed by atoms with Crippen LogP contribution in [0.2, 0.25) is 0 Å². The molecule has 0 unspecified atom stereocenters. The fourth-order valence-electron chi connectivity index (χ4n) is 4.56. The fourth-order valence-corrected chi connectivity index (χ4v) is 4.56. The molecule has 188 valence electrons. The normalized spacial score (nSPS) is 11.3. The van der Waals surface area contributed by atoms with Crippen LogP contribution >= 0.6 is 0 Å². The molecule has 0 atom stereocenters. The highest BCUT2D eigenvalue weighted by Gasteiger charge is 2.19. The van der Waals surface area contributed by atoms with Crippen LogP contribution in [0.25, 0.3) is 55.8 Å². The Morgan fingerprint density at radius 2 is 1.87 bits per heavy atom. The third-order valence-corrected chi connectivity index (χ3v) is 6.43. The van der Waals surface area contributed by atoms with Gasteiger partial charge in [-0.05, 0) is 36.4 Å². The molecule has 0 saturated heterocycles. The van der Waals surface area contributed by atoms with E-state index in [1.54, 1.807) is 61.3 Å². The van der Waals surface area contributed by atoms with Crippen molar-refractivity contribution in [2.24, 2.45) is 0 Å². The van der Waals surface area contributed by atoms with E-state index in [1.165, 1.54) is 12.3 Å². The third-order valence-electron chi connectivity index (χ3n) is 6.43. The number of imidazole rings is 1. The number of furan rings is 1. The number of aromatic amines is 2. The van der Waals surface area contributed by atoms with Gasteiger partial charge in [0.2, 0.25) is 0 Å². The van der Waals surface area contributed by atoms with E-state index in [0.29, 0.717) is 56.0 Å². The number of pyridine rings is 2. The maximum atomic E-state index is 15.2. The second-order valence-electron chi connectivity index (χ2n) is 8.89. The van der Waals surface area contributed by atoms with Crippen LogP contribution in [0.1, 0.15) is 10.4 Å². The van der Waals surface area contributed by atoms with Crippen molar-refractivity contribution in [1.29, 1.82) is 0 Å². The second-order valence-corrected chi connectivity index (χ2v) is 8.89. The van der Waals surface area contributed by atoms with Gasteiger partial charge in [0.05, 0.1) is 29.9 Å². The first-order valence-corrected chi connectivity index (χ1v) is 12.0. The minimum absolute atomic E-state index is 0.282. The zero-order valence-electron chi connectivity index (χ0n) is 20.1. The Labute approximate surface area is 219 Å². The quantitative estimate of drug-likeness (QED) is 0.250. The SMILES string of the molecule is O=C(Nc1cncc(-c2cc3c(-c4nc5c(-c6ccoc6)ccnc5[nH]4)n[nH]c3cc2F)c1)c1ccccc1. The fraction of sp³-hybridized carbons (Fsp3) is 0. The summed E-state index contributed by atoms with van der Waals surface area (Å²) in [6.07, 6.45) is 8.00. The molecule has 7 aromatic rings. The van der Waals surface area contributed by atoms with Gasteiger partial charge in [-0.15, -0.1) is 0 Å². The number of carbonyl (C=O) groups is 1. The number of rotatable bonds is 5. The molecule has 1 amide bonds. The first kappa shape index (κ1) is 22.5. The molecular formula is C29H18FN7O2. The lowest BCUT2D eigenvalue weighted by Gasteiger charge is -2.08. The molecule has 10 heteroatoms. The summed E-state index contributed by atoms with van der Waals surface area (Å²) in [5, 5.41) is 10.8. The van der Waals surface area contributed by atoms with Crippen LogP contribution in [0, 0.1) is 5.82 Å². The minimum atomic E-state index is -0.459. The first-order valence-electron chi connectivity index (χ1n) is 12.0. The molecule has 39 heavy (non-hydrogen) atoms. The summed E-state index contributed by atoms with van der Waals surface area (Å²) in [7, 11) is 0. The van der Waals surface area contributed by atoms with Crippen molar-refractivity contribution in [3.63, 3.8) is 0 Å². The monoisotopic (exact) mass is 515 g/mol. The smallest absolute Gasteiger partial charge is 0.255 e. The Kier molecular flexibility index (Phi) is 5.22. The summed E-state index contributed by atoms with van der Waals surface area (Å²) in [5.41, 5.74) is 5.79. The van der Waals surface area contributed by atoms with E-state index in [0.717, 1.165) is 11.1 Å². The number of halogens is 1. The van der Waals surface area contributed by atoms with Crippen LogP contribution in [0.15, 0.2) is 96.2 Å². The summed E-state index contributed by atoms with van der Waals surface area (Å²) in [6.45, 7) is 0. The molecule has 3 N–H and O–H groups in total. The van der Waals surface area contributed by atoms with E-state index in [-0.39, 0.29) is 5.91 Å². The number of anilines is 1. The lowest BCUT2D eigenvalue weighted by Crippen LogP contribution is -2.11. The van der Waals surface area contributed by atoms with Gasteiger partial charge in [0, 0.05) is 51.7 Å². The summed E-state index contributed by atoms with van der Waals surface area (Å²) in [6, 6.07) is 17.3. The topological polar surface area (TPSA) is 125 Å². The number of fused-ring (bicyclic) bond motifs is 2. The van der Waals surface area contributed by atoms with Crippen LogP contribution in [0.4, 0.5) is 10.1 Å². The summed E-state index contributed by atoms with van der Waals surface area (Å²) < 4.78 is 20.5.